The van der Waals surface area contributed by atoms with Gasteiger partial charge in [-0.05, 0) is 43.5 Å². The van der Waals surface area contributed by atoms with Gasteiger partial charge in [-0.2, -0.15) is 0 Å². The molecule has 0 saturated heterocycles. The molecule has 2 rings (SSSR count). The van der Waals surface area contributed by atoms with E-state index in [1.165, 1.54) is 0 Å². The number of amides is 1. The van der Waals surface area contributed by atoms with Crippen molar-refractivity contribution in [3.63, 3.8) is 0 Å². The normalized spacial score (nSPS) is 16.9. The largest absolute Gasteiger partial charge is 0.395 e. The SMILES string of the molecule is Cc1cc(Cl)ccc1NC(=O)C1(CO)CC1. The summed E-state index contributed by atoms with van der Waals surface area (Å²) in [5.41, 5.74) is 1.15. The minimum atomic E-state index is -0.536. The molecule has 2 N–H and O–H groups in total. The monoisotopic (exact) mass is 239 g/mol. The molecule has 3 nitrogen and oxygen atoms in total. The van der Waals surface area contributed by atoms with Gasteiger partial charge in [0.05, 0.1) is 12.0 Å². The number of aryl methyl sites for hydroxylation is 1. The molecule has 0 atom stereocenters. The van der Waals surface area contributed by atoms with Crippen LogP contribution in [0.1, 0.15) is 18.4 Å². The third-order valence-electron chi connectivity index (χ3n) is 3.07. The van der Waals surface area contributed by atoms with Crippen molar-refractivity contribution < 1.29 is 9.90 Å². The Morgan fingerprint density at radius 2 is 2.25 bits per heavy atom. The molecule has 1 aliphatic rings. The maximum Gasteiger partial charge on any atom is 0.232 e. The first-order chi connectivity index (χ1) is 7.57. The fourth-order valence-corrected chi connectivity index (χ4v) is 1.86. The van der Waals surface area contributed by atoms with E-state index in [1.807, 2.05) is 6.92 Å². The standard InChI is InChI=1S/C12H14ClNO2/c1-8-6-9(13)2-3-10(8)14-11(16)12(7-15)4-5-12/h2-3,6,15H,4-5,7H2,1H3,(H,14,16). The van der Waals surface area contributed by atoms with Crippen LogP contribution in [0.5, 0.6) is 0 Å². The zero-order valence-electron chi connectivity index (χ0n) is 9.09. The molecule has 1 amide bonds. The number of nitrogens with one attached hydrogen (secondary N) is 1. The van der Waals surface area contributed by atoms with Gasteiger partial charge < -0.3 is 10.4 Å². The van der Waals surface area contributed by atoms with Gasteiger partial charge >= 0.3 is 0 Å². The number of hydrogen-bond donors (Lipinski definition) is 2. The van der Waals surface area contributed by atoms with Crippen LogP contribution < -0.4 is 5.32 Å². The summed E-state index contributed by atoms with van der Waals surface area (Å²) >= 11 is 5.83. The lowest BCUT2D eigenvalue weighted by Crippen LogP contribution is -2.27. The van der Waals surface area contributed by atoms with Gasteiger partial charge in [-0.25, -0.2) is 0 Å². The van der Waals surface area contributed by atoms with E-state index in [0.29, 0.717) is 5.02 Å². The van der Waals surface area contributed by atoms with Crippen molar-refractivity contribution in [3.8, 4) is 0 Å². The molecule has 0 aliphatic heterocycles. The predicted octanol–water partition coefficient (Wildman–Crippen LogP) is 2.36. The first-order valence-corrected chi connectivity index (χ1v) is 5.64. The number of rotatable bonds is 3. The average molecular weight is 240 g/mol. The van der Waals surface area contributed by atoms with E-state index in [2.05, 4.69) is 5.32 Å². The highest BCUT2D eigenvalue weighted by molar-refractivity contribution is 6.30. The lowest BCUT2D eigenvalue weighted by Gasteiger charge is -2.14. The van der Waals surface area contributed by atoms with Crippen LogP contribution in [0.25, 0.3) is 0 Å². The third-order valence-corrected chi connectivity index (χ3v) is 3.31. The Hall–Kier alpha value is -1.06. The number of halogens is 1. The summed E-state index contributed by atoms with van der Waals surface area (Å²) in [5, 5.41) is 12.6. The molecule has 0 spiro atoms. The quantitative estimate of drug-likeness (QED) is 0.851. The van der Waals surface area contributed by atoms with Crippen LogP contribution in [0.15, 0.2) is 18.2 Å². The minimum Gasteiger partial charge on any atom is -0.395 e. The summed E-state index contributed by atoms with van der Waals surface area (Å²) in [5.74, 6) is -0.0968. The van der Waals surface area contributed by atoms with E-state index in [0.717, 1.165) is 24.1 Å². The van der Waals surface area contributed by atoms with Crippen LogP contribution in [0.3, 0.4) is 0 Å². The Morgan fingerprint density at radius 3 is 2.75 bits per heavy atom. The van der Waals surface area contributed by atoms with Crippen molar-refractivity contribution in [3.05, 3.63) is 28.8 Å². The molecule has 1 aliphatic carbocycles. The highest BCUT2D eigenvalue weighted by Gasteiger charge is 2.49. The zero-order valence-corrected chi connectivity index (χ0v) is 9.84. The van der Waals surface area contributed by atoms with Crippen LogP contribution in [0.2, 0.25) is 5.02 Å². The van der Waals surface area contributed by atoms with E-state index in [1.54, 1.807) is 18.2 Å². The Labute approximate surface area is 99.4 Å². The molecule has 4 heteroatoms. The number of hydrogen-bond acceptors (Lipinski definition) is 2. The van der Waals surface area contributed by atoms with E-state index >= 15 is 0 Å². The van der Waals surface area contributed by atoms with E-state index < -0.39 is 5.41 Å². The third kappa shape index (κ3) is 2.06. The molecular weight excluding hydrogens is 226 g/mol. The first kappa shape index (κ1) is 11.4. The van der Waals surface area contributed by atoms with Crippen molar-refractivity contribution in [1.82, 2.24) is 0 Å². The van der Waals surface area contributed by atoms with Crippen LogP contribution in [0, 0.1) is 12.3 Å². The highest BCUT2D eigenvalue weighted by atomic mass is 35.5. The second kappa shape index (κ2) is 4.07. The average Bonchev–Trinajstić information content (AvgIpc) is 3.03. The Bertz CT molecular complexity index is 427. The first-order valence-electron chi connectivity index (χ1n) is 5.26. The van der Waals surface area contributed by atoms with Gasteiger partial charge in [0, 0.05) is 10.7 Å². The summed E-state index contributed by atoms with van der Waals surface area (Å²) in [6, 6.07) is 5.32. The van der Waals surface area contributed by atoms with Crippen LogP contribution in [-0.2, 0) is 4.79 Å². The Kier molecular flexibility index (Phi) is 2.91. The number of carbonyl (C=O) groups is 1. The van der Waals surface area contributed by atoms with E-state index in [9.17, 15) is 4.79 Å². The zero-order chi connectivity index (χ0) is 11.8. The van der Waals surface area contributed by atoms with Crippen LogP contribution in [-0.4, -0.2) is 17.6 Å². The molecule has 16 heavy (non-hydrogen) atoms. The van der Waals surface area contributed by atoms with Crippen molar-refractivity contribution in [1.29, 1.82) is 0 Å². The molecule has 0 unspecified atom stereocenters. The Balaban J connectivity index is 2.12. The van der Waals surface area contributed by atoms with Gasteiger partial charge in [0.1, 0.15) is 0 Å². The van der Waals surface area contributed by atoms with Crippen molar-refractivity contribution in [2.45, 2.75) is 19.8 Å². The van der Waals surface area contributed by atoms with Gasteiger partial charge in [-0.3, -0.25) is 4.79 Å². The molecule has 0 aromatic heterocycles. The molecule has 1 aromatic carbocycles. The highest BCUT2D eigenvalue weighted by Crippen LogP contribution is 2.46. The van der Waals surface area contributed by atoms with Gasteiger partial charge in [0.2, 0.25) is 5.91 Å². The lowest BCUT2D eigenvalue weighted by atomic mass is 10.1. The smallest absolute Gasteiger partial charge is 0.232 e. The second-order valence-electron chi connectivity index (χ2n) is 4.35. The molecular formula is C12H14ClNO2. The van der Waals surface area contributed by atoms with Gasteiger partial charge in [-0.1, -0.05) is 11.6 Å². The molecule has 1 fully saturated rings. The van der Waals surface area contributed by atoms with Gasteiger partial charge in [0.25, 0.3) is 0 Å². The molecule has 0 radical (unpaired) electrons. The topological polar surface area (TPSA) is 49.3 Å². The Morgan fingerprint density at radius 1 is 1.56 bits per heavy atom. The van der Waals surface area contributed by atoms with Crippen molar-refractivity contribution in [2.24, 2.45) is 5.41 Å². The number of aliphatic hydroxyl groups excluding tert-OH is 1. The summed E-state index contributed by atoms with van der Waals surface area (Å²) in [7, 11) is 0. The fourth-order valence-electron chi connectivity index (χ4n) is 1.63. The maximum atomic E-state index is 11.9. The summed E-state index contributed by atoms with van der Waals surface area (Å²) in [6.07, 6.45) is 1.53. The van der Waals surface area contributed by atoms with Crippen molar-refractivity contribution >= 4 is 23.2 Å². The minimum absolute atomic E-state index is 0.0779. The number of aliphatic hydroxyl groups is 1. The van der Waals surface area contributed by atoms with Crippen LogP contribution >= 0.6 is 11.6 Å². The predicted molar refractivity (Wildman–Crippen MR) is 63.6 cm³/mol. The number of carbonyl (C=O) groups excluding carboxylic acids is 1. The van der Waals surface area contributed by atoms with E-state index in [4.69, 9.17) is 16.7 Å². The summed E-state index contributed by atoms with van der Waals surface area (Å²) < 4.78 is 0. The van der Waals surface area contributed by atoms with Gasteiger partial charge in [-0.15, -0.1) is 0 Å². The van der Waals surface area contributed by atoms with Crippen LogP contribution in [0.4, 0.5) is 5.69 Å². The summed E-state index contributed by atoms with van der Waals surface area (Å²) in [4.78, 5) is 11.9. The van der Waals surface area contributed by atoms with Gasteiger partial charge in [0.15, 0.2) is 0 Å². The fraction of sp³-hybridized carbons (Fsp3) is 0.417. The molecule has 86 valence electrons. The maximum absolute atomic E-state index is 11.9. The van der Waals surface area contributed by atoms with Crippen molar-refractivity contribution in [2.75, 3.05) is 11.9 Å². The molecule has 1 aromatic rings. The second-order valence-corrected chi connectivity index (χ2v) is 4.79. The number of anilines is 1. The molecule has 0 heterocycles. The van der Waals surface area contributed by atoms with E-state index in [-0.39, 0.29) is 12.5 Å². The molecule has 0 bridgehead atoms. The lowest BCUT2D eigenvalue weighted by molar-refractivity contribution is -0.122. The summed E-state index contributed by atoms with van der Waals surface area (Å²) in [6.45, 7) is 1.81. The number of benzene rings is 1. The molecule has 1 saturated carbocycles.